The standard InChI is InChI=1S/C21H19BrClF3N2O3/c1-10(16-15(30-19(25)26)6-5-14(24)17(16)23)13-9-28(20(29)31-21(2,3)4)18-12(13)7-11(22)8-27-18/h5-10,19H,1-4H3/t10-/m0/s1/i1D3. The Balaban J connectivity index is 2.36. The lowest BCUT2D eigenvalue weighted by Crippen LogP contribution is -2.26. The molecule has 31 heavy (non-hydrogen) atoms. The number of carbonyl (C=O) groups excluding carboxylic acids is 1. The maximum atomic E-state index is 14.4. The van der Waals surface area contributed by atoms with Crippen LogP contribution in [-0.2, 0) is 4.74 Å². The number of alkyl halides is 2. The van der Waals surface area contributed by atoms with E-state index in [9.17, 15) is 18.0 Å². The van der Waals surface area contributed by atoms with E-state index in [1.807, 2.05) is 0 Å². The number of hydrogen-bond donors (Lipinski definition) is 0. The van der Waals surface area contributed by atoms with Crippen LogP contribution in [0.25, 0.3) is 11.0 Å². The first-order valence-electron chi connectivity index (χ1n) is 10.4. The molecule has 2 heterocycles. The molecule has 1 atom stereocenters. The molecule has 2 aromatic heterocycles. The van der Waals surface area contributed by atoms with Crippen LogP contribution in [0.1, 0.15) is 48.8 Å². The van der Waals surface area contributed by atoms with Gasteiger partial charge in [-0.25, -0.2) is 18.7 Å². The molecule has 0 saturated carbocycles. The van der Waals surface area contributed by atoms with Crippen molar-refractivity contribution in [2.75, 3.05) is 0 Å². The molecule has 3 rings (SSSR count). The highest BCUT2D eigenvalue weighted by atomic mass is 79.9. The van der Waals surface area contributed by atoms with Crippen molar-refractivity contribution in [1.29, 1.82) is 0 Å². The van der Waals surface area contributed by atoms with E-state index in [1.54, 1.807) is 20.8 Å². The second-order valence-corrected chi connectivity index (χ2v) is 8.84. The molecule has 0 spiro atoms. The predicted molar refractivity (Wildman–Crippen MR) is 115 cm³/mol. The Kier molecular flexibility index (Phi) is 5.45. The van der Waals surface area contributed by atoms with Gasteiger partial charge in [0.05, 0.1) is 5.02 Å². The minimum Gasteiger partial charge on any atom is -0.443 e. The number of pyridine rings is 1. The first-order valence-corrected chi connectivity index (χ1v) is 10.1. The van der Waals surface area contributed by atoms with Crippen molar-refractivity contribution in [3.63, 3.8) is 0 Å². The van der Waals surface area contributed by atoms with Crippen LogP contribution in [0, 0.1) is 5.82 Å². The molecular formula is C21H19BrClF3N2O3. The fraction of sp³-hybridized carbons (Fsp3) is 0.333. The Bertz CT molecular complexity index is 1250. The summed E-state index contributed by atoms with van der Waals surface area (Å²) in [5, 5.41) is -0.509. The topological polar surface area (TPSA) is 53.4 Å². The van der Waals surface area contributed by atoms with Crippen LogP contribution in [0.4, 0.5) is 18.0 Å². The van der Waals surface area contributed by atoms with Gasteiger partial charge >= 0.3 is 12.7 Å². The van der Waals surface area contributed by atoms with Gasteiger partial charge in [0.25, 0.3) is 0 Å². The average Bonchev–Trinajstić information content (AvgIpc) is 3.03. The van der Waals surface area contributed by atoms with Gasteiger partial charge in [0.15, 0.2) is 0 Å². The summed E-state index contributed by atoms with van der Waals surface area (Å²) in [4.78, 5) is 17.0. The molecule has 0 fully saturated rings. The number of hydrogen-bond acceptors (Lipinski definition) is 4. The second-order valence-electron chi connectivity index (χ2n) is 7.54. The van der Waals surface area contributed by atoms with E-state index >= 15 is 0 Å². The van der Waals surface area contributed by atoms with Gasteiger partial charge in [-0.2, -0.15) is 8.78 Å². The summed E-state index contributed by atoms with van der Waals surface area (Å²) in [5.74, 6) is -3.39. The molecule has 0 unspecified atom stereocenters. The fourth-order valence-corrected chi connectivity index (χ4v) is 3.55. The molecule has 166 valence electrons. The fourth-order valence-electron chi connectivity index (χ4n) is 2.96. The Labute approximate surface area is 194 Å². The van der Waals surface area contributed by atoms with E-state index in [0.717, 1.165) is 16.7 Å². The van der Waals surface area contributed by atoms with Gasteiger partial charge in [-0.1, -0.05) is 18.5 Å². The highest BCUT2D eigenvalue weighted by Crippen LogP contribution is 2.42. The van der Waals surface area contributed by atoms with Crippen LogP contribution < -0.4 is 4.74 Å². The summed E-state index contributed by atoms with van der Waals surface area (Å²) in [7, 11) is 0. The SMILES string of the molecule is [2H]C([2H])([2H])[C@H](c1c(OC(F)F)ccc(F)c1Cl)c1cn(C(=O)OC(C)(C)C)c2ncc(Br)cc12. The summed E-state index contributed by atoms with van der Waals surface area (Å²) in [6.45, 7) is -1.31. The third-order valence-electron chi connectivity index (χ3n) is 4.14. The van der Waals surface area contributed by atoms with Crippen molar-refractivity contribution in [2.45, 2.75) is 45.8 Å². The Hall–Kier alpha value is -2.26. The highest BCUT2D eigenvalue weighted by molar-refractivity contribution is 9.10. The van der Waals surface area contributed by atoms with Gasteiger partial charge in [-0.15, -0.1) is 0 Å². The van der Waals surface area contributed by atoms with E-state index in [2.05, 4.69) is 25.7 Å². The largest absolute Gasteiger partial charge is 0.443 e. The monoisotopic (exact) mass is 521 g/mol. The van der Waals surface area contributed by atoms with Crippen molar-refractivity contribution >= 4 is 44.7 Å². The molecular weight excluding hydrogens is 501 g/mol. The third kappa shape index (κ3) is 4.98. The van der Waals surface area contributed by atoms with Crippen molar-refractivity contribution in [3.05, 3.63) is 57.0 Å². The summed E-state index contributed by atoms with van der Waals surface area (Å²) < 4.78 is 76.3. The summed E-state index contributed by atoms with van der Waals surface area (Å²) in [6, 6.07) is 3.17. The lowest BCUT2D eigenvalue weighted by atomic mass is 9.92. The van der Waals surface area contributed by atoms with Crippen LogP contribution in [0.15, 0.2) is 35.1 Å². The van der Waals surface area contributed by atoms with Crippen LogP contribution in [-0.4, -0.2) is 27.9 Å². The molecule has 0 aliphatic carbocycles. The number of fused-ring (bicyclic) bond motifs is 1. The molecule has 1 aromatic carbocycles. The number of carbonyl (C=O) groups is 1. The van der Waals surface area contributed by atoms with E-state index in [-0.39, 0.29) is 16.6 Å². The molecule has 3 aromatic rings. The molecule has 0 amide bonds. The minimum absolute atomic E-state index is 0.0405. The van der Waals surface area contributed by atoms with Crippen molar-refractivity contribution in [3.8, 4) is 5.75 Å². The lowest BCUT2D eigenvalue weighted by Gasteiger charge is -2.19. The maximum Gasteiger partial charge on any atom is 0.420 e. The number of ether oxygens (including phenoxy) is 2. The second kappa shape index (κ2) is 8.70. The zero-order valence-corrected chi connectivity index (χ0v) is 18.9. The Morgan fingerprint density at radius 1 is 1.35 bits per heavy atom. The molecule has 0 saturated heterocycles. The van der Waals surface area contributed by atoms with Crippen LogP contribution in [0.2, 0.25) is 5.02 Å². The summed E-state index contributed by atoms with van der Waals surface area (Å²) in [5.41, 5.74) is -1.38. The van der Waals surface area contributed by atoms with Crippen molar-refractivity contribution < 1.29 is 31.6 Å². The van der Waals surface area contributed by atoms with Gasteiger partial charge in [0, 0.05) is 37.8 Å². The molecule has 0 aliphatic rings. The number of nitrogens with zero attached hydrogens (tertiary/aromatic N) is 2. The van der Waals surface area contributed by atoms with E-state index in [0.29, 0.717) is 4.47 Å². The number of benzene rings is 1. The molecule has 0 radical (unpaired) electrons. The van der Waals surface area contributed by atoms with E-state index < -0.39 is 53.2 Å². The lowest BCUT2D eigenvalue weighted by molar-refractivity contribution is -0.0505. The normalized spacial score (nSPS) is 14.8. The number of aromatic nitrogens is 2. The quantitative estimate of drug-likeness (QED) is 0.366. The van der Waals surface area contributed by atoms with Gasteiger partial charge in [0.2, 0.25) is 0 Å². The first-order chi connectivity index (χ1) is 15.6. The summed E-state index contributed by atoms with van der Waals surface area (Å²) in [6.07, 6.45) is 1.71. The van der Waals surface area contributed by atoms with E-state index in [1.165, 1.54) is 18.5 Å². The van der Waals surface area contributed by atoms with Gasteiger partial charge in [0.1, 0.15) is 22.8 Å². The highest BCUT2D eigenvalue weighted by Gasteiger charge is 2.28. The van der Waals surface area contributed by atoms with E-state index in [4.69, 9.17) is 20.5 Å². The molecule has 5 nitrogen and oxygen atoms in total. The molecule has 10 heteroatoms. The van der Waals surface area contributed by atoms with Gasteiger partial charge in [-0.3, -0.25) is 0 Å². The van der Waals surface area contributed by atoms with Crippen LogP contribution >= 0.6 is 27.5 Å². The van der Waals surface area contributed by atoms with Crippen molar-refractivity contribution in [1.82, 2.24) is 9.55 Å². The third-order valence-corrected chi connectivity index (χ3v) is 4.96. The smallest absolute Gasteiger partial charge is 0.420 e. The van der Waals surface area contributed by atoms with Gasteiger partial charge in [-0.05, 0) is 60.5 Å². The first kappa shape index (κ1) is 19.4. The molecule has 0 N–H and O–H groups in total. The van der Waals surface area contributed by atoms with Gasteiger partial charge < -0.3 is 9.47 Å². The Morgan fingerprint density at radius 2 is 2.06 bits per heavy atom. The number of rotatable bonds is 4. The summed E-state index contributed by atoms with van der Waals surface area (Å²) >= 11 is 9.35. The molecule has 0 bridgehead atoms. The molecule has 0 aliphatic heterocycles. The average molecular weight is 523 g/mol. The maximum absolute atomic E-state index is 14.4. The number of halogens is 5. The van der Waals surface area contributed by atoms with Crippen LogP contribution in [0.3, 0.4) is 0 Å². The zero-order chi connectivity index (χ0) is 25.6. The van der Waals surface area contributed by atoms with Crippen molar-refractivity contribution in [2.24, 2.45) is 0 Å². The zero-order valence-electron chi connectivity index (χ0n) is 19.6. The van der Waals surface area contributed by atoms with Crippen LogP contribution in [0.5, 0.6) is 5.75 Å². The Morgan fingerprint density at radius 3 is 2.68 bits per heavy atom. The minimum atomic E-state index is -3.32. The predicted octanol–water partition coefficient (Wildman–Crippen LogP) is 7.13.